The quantitative estimate of drug-likeness (QED) is 0.192. The molecule has 4 aromatic carbocycles. The molecule has 1 fully saturated rings. The summed E-state index contributed by atoms with van der Waals surface area (Å²) in [5, 5.41) is 2.84. The number of thiocarbonyl (C=S) groups is 1. The summed E-state index contributed by atoms with van der Waals surface area (Å²) in [7, 11) is 1.52. The summed E-state index contributed by atoms with van der Waals surface area (Å²) in [4.78, 5) is 27.6. The van der Waals surface area contributed by atoms with E-state index in [1.165, 1.54) is 23.8 Å². The Bertz CT molecular complexity index is 1540. The Morgan fingerprint density at radius 2 is 1.56 bits per heavy atom. The fourth-order valence-electron chi connectivity index (χ4n) is 4.03. The average Bonchev–Trinajstić information content (AvgIpc) is 3.25. The second-order valence-electron chi connectivity index (χ2n) is 8.54. The largest absolute Gasteiger partial charge is 0.493 e. The molecule has 39 heavy (non-hydrogen) atoms. The van der Waals surface area contributed by atoms with Crippen LogP contribution in [0.4, 0.5) is 11.4 Å². The lowest BCUT2D eigenvalue weighted by atomic mass is 10.1. The van der Waals surface area contributed by atoms with Gasteiger partial charge in [0.1, 0.15) is 0 Å². The normalized spacial score (nSPS) is 14.0. The summed E-state index contributed by atoms with van der Waals surface area (Å²) in [6.45, 7) is -0.189. The number of anilines is 2. The summed E-state index contributed by atoms with van der Waals surface area (Å²) in [6.07, 6.45) is 1.76. The number of carbonyl (C=O) groups is 2. The van der Waals surface area contributed by atoms with Crippen LogP contribution in [0.1, 0.15) is 5.56 Å². The van der Waals surface area contributed by atoms with Crippen molar-refractivity contribution in [3.05, 3.63) is 114 Å². The monoisotopic (exact) mass is 552 g/mol. The number of hydrogen-bond acceptors (Lipinski definition) is 6. The van der Waals surface area contributed by atoms with Gasteiger partial charge in [-0.2, -0.15) is 0 Å². The minimum absolute atomic E-state index is 0.177. The van der Waals surface area contributed by atoms with E-state index >= 15 is 0 Å². The smallest absolute Gasteiger partial charge is 0.270 e. The zero-order valence-electron chi connectivity index (χ0n) is 21.0. The topological polar surface area (TPSA) is 67.9 Å². The standard InChI is InChI=1S/C31H24N2O4S2/c1-36-27-18-21(19-28-30(35)33(31(38)39-28)25-10-6-3-7-11-25)12-17-26(27)37-20-29(34)32-24-15-13-23(14-16-24)22-8-4-2-5-9-22/h2-19H,20H2,1H3,(H,32,34). The van der Waals surface area contributed by atoms with Gasteiger partial charge in [-0.25, -0.2) is 0 Å². The number of benzene rings is 4. The lowest BCUT2D eigenvalue weighted by Crippen LogP contribution is -2.27. The Labute approximate surface area is 236 Å². The Hall–Kier alpha value is -4.40. The highest BCUT2D eigenvalue weighted by Gasteiger charge is 2.33. The average molecular weight is 553 g/mol. The van der Waals surface area contributed by atoms with E-state index < -0.39 is 0 Å². The molecule has 1 N–H and O–H groups in total. The maximum atomic E-state index is 13.0. The molecule has 5 rings (SSSR count). The molecule has 0 radical (unpaired) electrons. The van der Waals surface area contributed by atoms with Crippen LogP contribution in [0, 0.1) is 0 Å². The van der Waals surface area contributed by atoms with E-state index in [1.807, 2.05) is 84.9 Å². The van der Waals surface area contributed by atoms with Crippen molar-refractivity contribution in [2.45, 2.75) is 0 Å². The Balaban J connectivity index is 1.21. The van der Waals surface area contributed by atoms with Gasteiger partial charge in [0.15, 0.2) is 22.4 Å². The molecule has 4 aromatic rings. The van der Waals surface area contributed by atoms with E-state index in [9.17, 15) is 9.59 Å². The number of hydrogen-bond donors (Lipinski definition) is 1. The van der Waals surface area contributed by atoms with E-state index in [4.69, 9.17) is 21.7 Å². The Kier molecular flexibility index (Phi) is 8.05. The van der Waals surface area contributed by atoms with Gasteiger partial charge in [0.25, 0.3) is 11.8 Å². The molecule has 0 unspecified atom stereocenters. The highest BCUT2D eigenvalue weighted by Crippen LogP contribution is 2.37. The number of nitrogens with one attached hydrogen (secondary N) is 1. The van der Waals surface area contributed by atoms with Gasteiger partial charge >= 0.3 is 0 Å². The van der Waals surface area contributed by atoms with Gasteiger partial charge in [-0.3, -0.25) is 14.5 Å². The van der Waals surface area contributed by atoms with Crippen molar-refractivity contribution in [3.8, 4) is 22.6 Å². The minimum atomic E-state index is -0.293. The summed E-state index contributed by atoms with van der Waals surface area (Å²) in [5.41, 5.74) is 4.33. The molecular weight excluding hydrogens is 528 g/mol. The van der Waals surface area contributed by atoms with Crippen LogP contribution in [0.5, 0.6) is 11.5 Å². The van der Waals surface area contributed by atoms with Crippen LogP contribution in [-0.2, 0) is 9.59 Å². The number of amides is 2. The molecule has 0 aromatic heterocycles. The highest BCUT2D eigenvalue weighted by molar-refractivity contribution is 8.27. The first-order valence-corrected chi connectivity index (χ1v) is 13.3. The molecule has 194 valence electrons. The fourth-order valence-corrected chi connectivity index (χ4v) is 5.33. The number of thioether (sulfide) groups is 1. The number of methoxy groups -OCH3 is 1. The van der Waals surface area contributed by atoms with Gasteiger partial charge in [0.05, 0.1) is 17.7 Å². The third-order valence-electron chi connectivity index (χ3n) is 5.93. The molecule has 2 amide bonds. The van der Waals surface area contributed by atoms with Crippen LogP contribution in [0.3, 0.4) is 0 Å². The Morgan fingerprint density at radius 1 is 0.897 bits per heavy atom. The fraction of sp³-hybridized carbons (Fsp3) is 0.0645. The summed E-state index contributed by atoms with van der Waals surface area (Å²) in [5.74, 6) is 0.394. The predicted molar refractivity (Wildman–Crippen MR) is 161 cm³/mol. The number of rotatable bonds is 8. The number of para-hydroxylation sites is 1. The second-order valence-corrected chi connectivity index (χ2v) is 10.2. The Morgan fingerprint density at radius 3 is 2.26 bits per heavy atom. The molecule has 1 heterocycles. The van der Waals surface area contributed by atoms with Crippen molar-refractivity contribution in [2.75, 3.05) is 23.9 Å². The molecule has 8 heteroatoms. The molecule has 0 saturated carbocycles. The van der Waals surface area contributed by atoms with E-state index in [2.05, 4.69) is 5.32 Å². The van der Waals surface area contributed by atoms with Crippen molar-refractivity contribution >= 4 is 57.6 Å². The van der Waals surface area contributed by atoms with E-state index in [0.717, 1.165) is 22.4 Å². The van der Waals surface area contributed by atoms with Gasteiger partial charge in [-0.1, -0.05) is 90.7 Å². The zero-order valence-corrected chi connectivity index (χ0v) is 22.6. The third kappa shape index (κ3) is 6.19. The lowest BCUT2D eigenvalue weighted by Gasteiger charge is -2.14. The number of carbonyl (C=O) groups excluding carboxylic acids is 2. The number of nitrogens with zero attached hydrogens (tertiary/aromatic N) is 1. The summed E-state index contributed by atoms with van der Waals surface area (Å²) < 4.78 is 11.7. The molecule has 0 bridgehead atoms. The molecule has 0 spiro atoms. The van der Waals surface area contributed by atoms with Crippen LogP contribution < -0.4 is 19.7 Å². The van der Waals surface area contributed by atoms with Gasteiger partial charge in [0, 0.05) is 5.69 Å². The van der Waals surface area contributed by atoms with Crippen molar-refractivity contribution in [1.29, 1.82) is 0 Å². The van der Waals surface area contributed by atoms with Gasteiger partial charge in [0.2, 0.25) is 0 Å². The van der Waals surface area contributed by atoms with Crippen LogP contribution in [-0.4, -0.2) is 29.9 Å². The van der Waals surface area contributed by atoms with Crippen molar-refractivity contribution in [1.82, 2.24) is 0 Å². The maximum Gasteiger partial charge on any atom is 0.270 e. The molecule has 1 aliphatic heterocycles. The first-order chi connectivity index (χ1) is 19.0. The first kappa shape index (κ1) is 26.2. The lowest BCUT2D eigenvalue weighted by molar-refractivity contribution is -0.118. The van der Waals surface area contributed by atoms with Gasteiger partial charge in [-0.15, -0.1) is 0 Å². The van der Waals surface area contributed by atoms with E-state index in [1.54, 1.807) is 24.3 Å². The SMILES string of the molecule is COc1cc(C=C2SC(=S)N(c3ccccc3)C2=O)ccc1OCC(=O)Nc1ccc(-c2ccccc2)cc1. The molecule has 0 aliphatic carbocycles. The van der Waals surface area contributed by atoms with Crippen molar-refractivity contribution in [3.63, 3.8) is 0 Å². The summed E-state index contributed by atoms with van der Waals surface area (Å²) in [6, 6.07) is 32.2. The van der Waals surface area contributed by atoms with E-state index in [-0.39, 0.29) is 18.4 Å². The van der Waals surface area contributed by atoms with Crippen LogP contribution >= 0.6 is 24.0 Å². The van der Waals surface area contributed by atoms with Crippen LogP contribution in [0.2, 0.25) is 0 Å². The van der Waals surface area contributed by atoms with Crippen molar-refractivity contribution in [2.24, 2.45) is 0 Å². The summed E-state index contributed by atoms with van der Waals surface area (Å²) >= 11 is 6.69. The molecular formula is C31H24N2O4S2. The van der Waals surface area contributed by atoms with E-state index in [0.29, 0.717) is 26.4 Å². The van der Waals surface area contributed by atoms with Crippen molar-refractivity contribution < 1.29 is 19.1 Å². The molecule has 1 aliphatic rings. The predicted octanol–water partition coefficient (Wildman–Crippen LogP) is 6.79. The molecule has 6 nitrogen and oxygen atoms in total. The highest BCUT2D eigenvalue weighted by atomic mass is 32.2. The maximum absolute atomic E-state index is 13.0. The van der Waals surface area contributed by atoms with Gasteiger partial charge in [-0.05, 0) is 59.2 Å². The van der Waals surface area contributed by atoms with Gasteiger partial charge < -0.3 is 14.8 Å². The van der Waals surface area contributed by atoms with Crippen LogP contribution in [0.15, 0.2) is 108 Å². The third-order valence-corrected chi connectivity index (χ3v) is 7.23. The van der Waals surface area contributed by atoms with Crippen LogP contribution in [0.25, 0.3) is 17.2 Å². The zero-order chi connectivity index (χ0) is 27.2. The molecule has 1 saturated heterocycles. The second kappa shape index (κ2) is 12.0. The number of ether oxygens (including phenoxy) is 2. The first-order valence-electron chi connectivity index (χ1n) is 12.1. The minimum Gasteiger partial charge on any atom is -0.493 e. The molecule has 0 atom stereocenters.